The number of carbonyl (C=O) groups excluding carboxylic acids is 1. The monoisotopic (exact) mass is 624 g/mol. The van der Waals surface area contributed by atoms with Crippen LogP contribution in [-0.2, 0) is 11.8 Å². The first-order valence-electron chi connectivity index (χ1n) is 13.2. The molecule has 0 saturated heterocycles. The number of fused-ring (bicyclic) bond motifs is 1. The highest BCUT2D eigenvalue weighted by Gasteiger charge is 2.31. The van der Waals surface area contributed by atoms with E-state index in [1.54, 1.807) is 30.3 Å². The van der Waals surface area contributed by atoms with Gasteiger partial charge < -0.3 is 15.5 Å². The van der Waals surface area contributed by atoms with Crippen LogP contribution in [-0.4, -0.2) is 45.1 Å². The van der Waals surface area contributed by atoms with Crippen molar-refractivity contribution in [3.05, 3.63) is 90.0 Å². The van der Waals surface area contributed by atoms with Crippen LogP contribution in [0.2, 0.25) is 0 Å². The van der Waals surface area contributed by atoms with Crippen molar-refractivity contribution >= 4 is 49.9 Å². The molecule has 2 N–H and O–H groups in total. The molecule has 1 saturated carbocycles. The molecule has 12 heteroatoms. The van der Waals surface area contributed by atoms with Gasteiger partial charge in [-0.05, 0) is 76.3 Å². The Labute approximate surface area is 243 Å². The van der Waals surface area contributed by atoms with Crippen LogP contribution in [0.1, 0.15) is 31.7 Å². The maximum absolute atomic E-state index is 14.8. The first-order valence-corrected chi connectivity index (χ1v) is 14.0. The quantitative estimate of drug-likeness (QED) is 0.290. The van der Waals surface area contributed by atoms with Gasteiger partial charge in [0, 0.05) is 35.7 Å². The summed E-state index contributed by atoms with van der Waals surface area (Å²) in [5.74, 6) is -0.752. The van der Waals surface area contributed by atoms with E-state index in [0.717, 1.165) is 6.54 Å². The summed E-state index contributed by atoms with van der Waals surface area (Å²) in [5, 5.41) is 5.84. The summed E-state index contributed by atoms with van der Waals surface area (Å²) >= 11 is 3.23. The fourth-order valence-corrected chi connectivity index (χ4v) is 5.12. The van der Waals surface area contributed by atoms with Crippen molar-refractivity contribution in [1.82, 2.24) is 18.6 Å². The number of aryl methyl sites for hydroxylation is 1. The number of carbonyl (C=O) groups is 1. The zero-order valence-corrected chi connectivity index (χ0v) is 24.5. The molecule has 214 valence electrons. The largest absolute Gasteiger partial charge is 0.352 e. The molecule has 0 spiro atoms. The van der Waals surface area contributed by atoms with E-state index in [4.69, 9.17) is 0 Å². The Balaban J connectivity index is 1.68. The maximum atomic E-state index is 14.8. The van der Waals surface area contributed by atoms with E-state index in [2.05, 4.69) is 26.6 Å². The fraction of sp³-hybridized carbons (Fsp3) is 0.310. The standard InChI is InChI=1S/C29H30BrFN6O4/c1-34(2)13-5-8-24(38)32-18-6-4-7-20(15-18)36-27-26(28(40)37(29(36)41)19-10-11-19)23(16-25(39)35(27)3)33-22-12-9-17(30)14-21(22)31/h4,6-7,9,12,14-16,19,33H,5,8,10-11,13H2,1-3H3,(H,32,38). The van der Waals surface area contributed by atoms with E-state index < -0.39 is 22.6 Å². The normalized spacial score (nSPS) is 13.1. The van der Waals surface area contributed by atoms with Gasteiger partial charge in [0.15, 0.2) is 0 Å². The first kappa shape index (κ1) is 28.5. The number of pyridine rings is 1. The number of nitrogens with zero attached hydrogens (tertiary/aromatic N) is 4. The molecular weight excluding hydrogens is 595 g/mol. The fourth-order valence-electron chi connectivity index (χ4n) is 4.79. The minimum atomic E-state index is -0.596. The van der Waals surface area contributed by atoms with Gasteiger partial charge in [-0.3, -0.25) is 23.5 Å². The molecule has 2 aromatic heterocycles. The summed E-state index contributed by atoms with van der Waals surface area (Å²) in [7, 11) is 5.35. The van der Waals surface area contributed by atoms with Gasteiger partial charge in [0.2, 0.25) is 5.91 Å². The molecule has 0 radical (unpaired) electrons. The Hall–Kier alpha value is -4.03. The molecule has 1 amide bonds. The SMILES string of the molecule is CN(C)CCCC(=O)Nc1cccc(-n2c(=O)n(C3CC3)c(=O)c3c(Nc4ccc(Br)cc4F)cc(=O)n(C)c32)c1. The number of hydrogen-bond acceptors (Lipinski definition) is 6. The second kappa shape index (κ2) is 11.5. The lowest BCUT2D eigenvalue weighted by molar-refractivity contribution is -0.116. The van der Waals surface area contributed by atoms with Crippen molar-refractivity contribution in [1.29, 1.82) is 0 Å². The van der Waals surface area contributed by atoms with E-state index in [0.29, 0.717) is 41.5 Å². The Morgan fingerprint density at radius 2 is 1.83 bits per heavy atom. The average Bonchev–Trinajstić information content (AvgIpc) is 3.73. The van der Waals surface area contributed by atoms with E-state index in [9.17, 15) is 23.6 Å². The summed E-state index contributed by atoms with van der Waals surface area (Å²) in [5.41, 5.74) is -0.621. The molecule has 2 heterocycles. The molecule has 41 heavy (non-hydrogen) atoms. The van der Waals surface area contributed by atoms with Crippen LogP contribution >= 0.6 is 15.9 Å². The van der Waals surface area contributed by atoms with Crippen LogP contribution in [0.3, 0.4) is 0 Å². The second-order valence-corrected chi connectivity index (χ2v) is 11.3. The number of hydrogen-bond donors (Lipinski definition) is 2. The van der Waals surface area contributed by atoms with Gasteiger partial charge in [-0.25, -0.2) is 13.8 Å². The second-order valence-electron chi connectivity index (χ2n) is 10.4. The third-order valence-corrected chi connectivity index (χ3v) is 7.45. The number of aromatic nitrogens is 3. The Kier molecular flexibility index (Phi) is 7.96. The highest BCUT2D eigenvalue weighted by atomic mass is 79.9. The molecule has 0 atom stereocenters. The molecule has 1 aliphatic carbocycles. The summed E-state index contributed by atoms with van der Waals surface area (Å²) < 4.78 is 19.0. The zero-order valence-electron chi connectivity index (χ0n) is 22.9. The molecule has 10 nitrogen and oxygen atoms in total. The Bertz CT molecular complexity index is 1840. The molecule has 1 aliphatic rings. The number of amides is 1. The van der Waals surface area contributed by atoms with Gasteiger partial charge in [-0.1, -0.05) is 22.0 Å². The van der Waals surface area contributed by atoms with Gasteiger partial charge in [-0.15, -0.1) is 0 Å². The molecule has 2 aromatic carbocycles. The lowest BCUT2D eigenvalue weighted by Crippen LogP contribution is -2.41. The molecule has 5 rings (SSSR count). The molecule has 0 bridgehead atoms. The summed E-state index contributed by atoms with van der Waals surface area (Å²) in [6.07, 6.45) is 2.35. The minimum absolute atomic E-state index is 0.0545. The molecular formula is C29H30BrFN6O4. The van der Waals surface area contributed by atoms with Crippen LogP contribution in [0.5, 0.6) is 0 Å². The van der Waals surface area contributed by atoms with Crippen molar-refractivity contribution in [3.63, 3.8) is 0 Å². The first-order chi connectivity index (χ1) is 19.5. The van der Waals surface area contributed by atoms with Crippen LogP contribution in [0, 0.1) is 5.82 Å². The van der Waals surface area contributed by atoms with Gasteiger partial charge in [0.05, 0.1) is 17.1 Å². The van der Waals surface area contributed by atoms with Crippen molar-refractivity contribution in [2.24, 2.45) is 7.05 Å². The van der Waals surface area contributed by atoms with E-state index in [1.807, 2.05) is 19.0 Å². The zero-order chi connectivity index (χ0) is 29.4. The number of halogens is 2. The lowest BCUT2D eigenvalue weighted by atomic mass is 10.2. The summed E-state index contributed by atoms with van der Waals surface area (Å²) in [4.78, 5) is 55.4. The smallest absolute Gasteiger partial charge is 0.337 e. The van der Waals surface area contributed by atoms with Crippen LogP contribution in [0.4, 0.5) is 21.5 Å². The van der Waals surface area contributed by atoms with Crippen molar-refractivity contribution < 1.29 is 9.18 Å². The van der Waals surface area contributed by atoms with Crippen molar-refractivity contribution in [2.75, 3.05) is 31.3 Å². The highest BCUT2D eigenvalue weighted by Crippen LogP contribution is 2.34. The Morgan fingerprint density at radius 1 is 1.07 bits per heavy atom. The minimum Gasteiger partial charge on any atom is -0.352 e. The van der Waals surface area contributed by atoms with Crippen molar-refractivity contribution in [3.8, 4) is 5.69 Å². The summed E-state index contributed by atoms with van der Waals surface area (Å²) in [6.45, 7) is 0.770. The number of benzene rings is 2. The van der Waals surface area contributed by atoms with E-state index in [1.165, 1.54) is 38.9 Å². The topological polar surface area (TPSA) is 110 Å². The van der Waals surface area contributed by atoms with Gasteiger partial charge in [0.25, 0.3) is 11.1 Å². The van der Waals surface area contributed by atoms with Gasteiger partial charge in [-0.2, -0.15) is 0 Å². The lowest BCUT2D eigenvalue weighted by Gasteiger charge is -2.19. The maximum Gasteiger partial charge on any atom is 0.337 e. The van der Waals surface area contributed by atoms with Crippen LogP contribution in [0.25, 0.3) is 16.7 Å². The van der Waals surface area contributed by atoms with Crippen LogP contribution < -0.4 is 27.4 Å². The van der Waals surface area contributed by atoms with Gasteiger partial charge in [0.1, 0.15) is 16.9 Å². The molecule has 0 unspecified atom stereocenters. The molecule has 0 aliphatic heterocycles. The third-order valence-electron chi connectivity index (χ3n) is 6.96. The van der Waals surface area contributed by atoms with Crippen LogP contribution in [0.15, 0.2) is 67.4 Å². The number of rotatable bonds is 9. The molecule has 4 aromatic rings. The van der Waals surface area contributed by atoms with E-state index >= 15 is 0 Å². The predicted octanol–water partition coefficient (Wildman–Crippen LogP) is 4.11. The molecule has 1 fully saturated rings. The van der Waals surface area contributed by atoms with Gasteiger partial charge >= 0.3 is 5.69 Å². The average molecular weight is 625 g/mol. The highest BCUT2D eigenvalue weighted by molar-refractivity contribution is 9.10. The van der Waals surface area contributed by atoms with Crippen molar-refractivity contribution in [2.45, 2.75) is 31.7 Å². The number of nitrogens with one attached hydrogen (secondary N) is 2. The summed E-state index contributed by atoms with van der Waals surface area (Å²) in [6, 6.07) is 12.0. The third kappa shape index (κ3) is 5.89. The number of anilines is 3. The predicted molar refractivity (Wildman–Crippen MR) is 161 cm³/mol. The Morgan fingerprint density at radius 3 is 2.51 bits per heavy atom. The van der Waals surface area contributed by atoms with E-state index in [-0.39, 0.29) is 34.4 Å².